The molecule has 2 N–H and O–H groups in total. The lowest BCUT2D eigenvalue weighted by Gasteiger charge is -2.09. The highest BCUT2D eigenvalue weighted by molar-refractivity contribution is 9.11. The molecule has 0 unspecified atom stereocenters. The molecule has 96 valence electrons. The van der Waals surface area contributed by atoms with Gasteiger partial charge in [0.2, 0.25) is 0 Å². The highest BCUT2D eigenvalue weighted by Gasteiger charge is 2.10. The standard InChI is InChI=1S/C12H13BrN2O2S/c1-16-9-4-3-7(6-10(9)17-2)5-8-11(13)18-12(14)15-8/h3-4,6H,5H2,1-2H3,(H2,14,15). The van der Waals surface area contributed by atoms with Crippen molar-refractivity contribution in [1.82, 2.24) is 4.98 Å². The summed E-state index contributed by atoms with van der Waals surface area (Å²) in [6.45, 7) is 0. The Bertz CT molecular complexity index is 557. The van der Waals surface area contributed by atoms with E-state index >= 15 is 0 Å². The van der Waals surface area contributed by atoms with Crippen LogP contribution in [0, 0.1) is 0 Å². The fraction of sp³-hybridized carbons (Fsp3) is 0.250. The topological polar surface area (TPSA) is 57.4 Å². The van der Waals surface area contributed by atoms with E-state index < -0.39 is 0 Å². The zero-order valence-electron chi connectivity index (χ0n) is 10.1. The zero-order valence-corrected chi connectivity index (χ0v) is 12.5. The number of hydrogen-bond donors (Lipinski definition) is 1. The molecule has 2 aromatic rings. The number of rotatable bonds is 4. The molecular weight excluding hydrogens is 316 g/mol. The SMILES string of the molecule is COc1ccc(Cc2nc(N)sc2Br)cc1OC. The van der Waals surface area contributed by atoms with E-state index in [4.69, 9.17) is 15.2 Å². The third-order valence-electron chi connectivity index (χ3n) is 2.49. The van der Waals surface area contributed by atoms with Crippen molar-refractivity contribution in [2.75, 3.05) is 20.0 Å². The van der Waals surface area contributed by atoms with Gasteiger partial charge in [-0.25, -0.2) is 4.98 Å². The minimum absolute atomic E-state index is 0.567. The molecule has 2 rings (SSSR count). The van der Waals surface area contributed by atoms with Crippen molar-refractivity contribution in [3.05, 3.63) is 33.2 Å². The number of nitrogens with zero attached hydrogens (tertiary/aromatic N) is 1. The third-order valence-corrected chi connectivity index (χ3v) is 4.14. The van der Waals surface area contributed by atoms with E-state index in [-0.39, 0.29) is 0 Å². The second kappa shape index (κ2) is 5.58. The summed E-state index contributed by atoms with van der Waals surface area (Å²) in [5.74, 6) is 1.44. The van der Waals surface area contributed by atoms with Crippen LogP contribution in [-0.2, 0) is 6.42 Å². The second-order valence-corrected chi connectivity index (χ2v) is 5.99. The first-order valence-corrected chi connectivity index (χ1v) is 6.86. The number of nitrogen functional groups attached to an aromatic ring is 1. The first-order chi connectivity index (χ1) is 8.63. The fourth-order valence-electron chi connectivity index (χ4n) is 1.64. The van der Waals surface area contributed by atoms with Crippen LogP contribution in [0.5, 0.6) is 11.5 Å². The molecule has 0 saturated heterocycles. The van der Waals surface area contributed by atoms with Gasteiger partial charge in [-0.05, 0) is 33.6 Å². The number of benzene rings is 1. The first kappa shape index (κ1) is 13.2. The molecule has 0 amide bonds. The van der Waals surface area contributed by atoms with Crippen molar-refractivity contribution in [1.29, 1.82) is 0 Å². The summed E-state index contributed by atoms with van der Waals surface area (Å²) in [7, 11) is 3.24. The number of aromatic nitrogens is 1. The molecule has 1 aromatic heterocycles. The Labute approximate surface area is 118 Å². The molecule has 0 aliphatic carbocycles. The van der Waals surface area contributed by atoms with Gasteiger partial charge in [-0.1, -0.05) is 17.4 Å². The number of hydrogen-bond acceptors (Lipinski definition) is 5. The average Bonchev–Trinajstić information content (AvgIpc) is 2.67. The summed E-state index contributed by atoms with van der Waals surface area (Å²) in [4.78, 5) is 4.28. The summed E-state index contributed by atoms with van der Waals surface area (Å²) in [6.07, 6.45) is 0.703. The Kier molecular flexibility index (Phi) is 4.08. The number of anilines is 1. The zero-order chi connectivity index (χ0) is 13.1. The highest BCUT2D eigenvalue weighted by Crippen LogP contribution is 2.31. The van der Waals surface area contributed by atoms with Gasteiger partial charge in [0.15, 0.2) is 16.6 Å². The lowest BCUT2D eigenvalue weighted by Crippen LogP contribution is -1.94. The van der Waals surface area contributed by atoms with Crippen molar-refractivity contribution in [3.63, 3.8) is 0 Å². The Morgan fingerprint density at radius 2 is 2.00 bits per heavy atom. The summed E-state index contributed by atoms with van der Waals surface area (Å²) in [5.41, 5.74) is 7.70. The van der Waals surface area contributed by atoms with E-state index in [1.165, 1.54) is 11.3 Å². The van der Waals surface area contributed by atoms with E-state index in [2.05, 4.69) is 20.9 Å². The van der Waals surface area contributed by atoms with Crippen molar-refractivity contribution >= 4 is 32.4 Å². The van der Waals surface area contributed by atoms with Gasteiger partial charge in [0.05, 0.1) is 23.7 Å². The van der Waals surface area contributed by atoms with E-state index in [1.807, 2.05) is 18.2 Å². The van der Waals surface area contributed by atoms with Gasteiger partial charge >= 0.3 is 0 Å². The number of methoxy groups -OCH3 is 2. The van der Waals surface area contributed by atoms with Crippen LogP contribution in [0.1, 0.15) is 11.3 Å². The number of ether oxygens (including phenoxy) is 2. The van der Waals surface area contributed by atoms with Gasteiger partial charge < -0.3 is 15.2 Å². The molecule has 1 heterocycles. The van der Waals surface area contributed by atoms with E-state index in [0.717, 1.165) is 20.8 Å². The fourth-order valence-corrected chi connectivity index (χ4v) is 2.94. The van der Waals surface area contributed by atoms with Crippen molar-refractivity contribution in [2.24, 2.45) is 0 Å². The van der Waals surface area contributed by atoms with Crippen molar-refractivity contribution < 1.29 is 9.47 Å². The Hall–Kier alpha value is -1.27. The summed E-state index contributed by atoms with van der Waals surface area (Å²) >= 11 is 4.89. The van der Waals surface area contributed by atoms with Gasteiger partial charge in [0, 0.05) is 6.42 Å². The highest BCUT2D eigenvalue weighted by atomic mass is 79.9. The van der Waals surface area contributed by atoms with Crippen LogP contribution in [0.25, 0.3) is 0 Å². The molecule has 4 nitrogen and oxygen atoms in total. The van der Waals surface area contributed by atoms with Crippen LogP contribution in [-0.4, -0.2) is 19.2 Å². The molecule has 0 spiro atoms. The van der Waals surface area contributed by atoms with Crippen LogP contribution < -0.4 is 15.2 Å². The molecular formula is C12H13BrN2O2S. The van der Waals surface area contributed by atoms with Gasteiger partial charge in [-0.15, -0.1) is 0 Å². The maximum absolute atomic E-state index is 5.67. The molecule has 0 aliphatic heterocycles. The third kappa shape index (κ3) is 2.76. The monoisotopic (exact) mass is 328 g/mol. The molecule has 0 bridgehead atoms. The molecule has 18 heavy (non-hydrogen) atoms. The smallest absolute Gasteiger partial charge is 0.181 e. The average molecular weight is 329 g/mol. The van der Waals surface area contributed by atoms with Crippen LogP contribution in [0.2, 0.25) is 0 Å². The quantitative estimate of drug-likeness (QED) is 0.936. The molecule has 6 heteroatoms. The number of halogens is 1. The van der Waals surface area contributed by atoms with Crippen LogP contribution in [0.15, 0.2) is 22.0 Å². The van der Waals surface area contributed by atoms with E-state index in [9.17, 15) is 0 Å². The predicted octanol–water partition coefficient (Wildman–Crippen LogP) is 3.10. The molecule has 0 atom stereocenters. The van der Waals surface area contributed by atoms with Gasteiger partial charge in [-0.2, -0.15) is 0 Å². The van der Waals surface area contributed by atoms with E-state index in [0.29, 0.717) is 17.3 Å². The Morgan fingerprint density at radius 1 is 1.28 bits per heavy atom. The molecule has 0 fully saturated rings. The minimum Gasteiger partial charge on any atom is -0.493 e. The van der Waals surface area contributed by atoms with Crippen molar-refractivity contribution in [3.8, 4) is 11.5 Å². The number of nitrogens with two attached hydrogens (primary N) is 1. The largest absolute Gasteiger partial charge is 0.493 e. The Balaban J connectivity index is 2.27. The summed E-state index contributed by atoms with van der Waals surface area (Å²) in [6, 6.07) is 5.82. The predicted molar refractivity (Wildman–Crippen MR) is 76.6 cm³/mol. The number of thiazole rings is 1. The molecule has 0 saturated carbocycles. The second-order valence-electron chi connectivity index (χ2n) is 3.64. The van der Waals surface area contributed by atoms with Gasteiger partial charge in [0.25, 0.3) is 0 Å². The van der Waals surface area contributed by atoms with Crippen LogP contribution >= 0.6 is 27.3 Å². The van der Waals surface area contributed by atoms with E-state index in [1.54, 1.807) is 14.2 Å². The Morgan fingerprint density at radius 3 is 2.56 bits per heavy atom. The maximum Gasteiger partial charge on any atom is 0.181 e. The van der Waals surface area contributed by atoms with Crippen molar-refractivity contribution in [2.45, 2.75) is 6.42 Å². The maximum atomic E-state index is 5.67. The molecule has 1 aromatic carbocycles. The summed E-state index contributed by atoms with van der Waals surface area (Å²) in [5, 5.41) is 0.567. The lowest BCUT2D eigenvalue weighted by molar-refractivity contribution is 0.354. The van der Waals surface area contributed by atoms with Gasteiger partial charge in [-0.3, -0.25) is 0 Å². The summed E-state index contributed by atoms with van der Waals surface area (Å²) < 4.78 is 11.4. The molecule has 0 aliphatic rings. The first-order valence-electron chi connectivity index (χ1n) is 5.25. The normalized spacial score (nSPS) is 10.4. The molecule has 0 radical (unpaired) electrons. The minimum atomic E-state index is 0.567. The van der Waals surface area contributed by atoms with Gasteiger partial charge in [0.1, 0.15) is 0 Å². The van der Waals surface area contributed by atoms with Crippen LogP contribution in [0.4, 0.5) is 5.13 Å². The van der Waals surface area contributed by atoms with Crippen LogP contribution in [0.3, 0.4) is 0 Å². The lowest BCUT2D eigenvalue weighted by atomic mass is 10.1.